The van der Waals surface area contributed by atoms with Gasteiger partial charge in [0.05, 0.1) is 11.6 Å². The third-order valence-corrected chi connectivity index (χ3v) is 2.55. The molecule has 0 aromatic carbocycles. The second-order valence-electron chi connectivity index (χ2n) is 3.18. The summed E-state index contributed by atoms with van der Waals surface area (Å²) in [6.45, 7) is 2.54. The maximum atomic E-state index is 5.79. The van der Waals surface area contributed by atoms with Gasteiger partial charge in [-0.1, -0.05) is 11.6 Å². The van der Waals surface area contributed by atoms with Crippen LogP contribution in [0.15, 0.2) is 12.1 Å². The number of hydrogen-bond acceptors (Lipinski definition) is 3. The summed E-state index contributed by atoms with van der Waals surface area (Å²) in [5, 5.41) is 0.495. The zero-order valence-electron chi connectivity index (χ0n) is 7.33. The third kappa shape index (κ3) is 1.38. The smallest absolute Gasteiger partial charge is 0.141 e. The predicted molar refractivity (Wildman–Crippen MR) is 51.1 cm³/mol. The van der Waals surface area contributed by atoms with Gasteiger partial charge < -0.3 is 10.5 Å². The lowest BCUT2D eigenvalue weighted by molar-refractivity contribution is 0.228. The fraction of sp³-hybridized carbons (Fsp3) is 0.444. The van der Waals surface area contributed by atoms with Crippen molar-refractivity contribution in [1.29, 1.82) is 0 Å². The molecule has 0 aliphatic carbocycles. The highest BCUT2D eigenvalue weighted by atomic mass is 35.5. The molecule has 3 nitrogen and oxygen atoms in total. The first kappa shape index (κ1) is 8.78. The maximum absolute atomic E-state index is 5.79. The number of halogens is 1. The minimum Gasteiger partial charge on any atom is -0.488 e. The normalized spacial score (nSPS) is 25.5. The molecule has 0 spiro atoms. The first-order valence-electron chi connectivity index (χ1n) is 4.25. The Balaban J connectivity index is 2.44. The van der Waals surface area contributed by atoms with E-state index in [-0.39, 0.29) is 12.0 Å². The van der Waals surface area contributed by atoms with Crippen molar-refractivity contribution in [2.75, 3.05) is 6.54 Å². The van der Waals surface area contributed by atoms with E-state index in [0.29, 0.717) is 11.7 Å². The van der Waals surface area contributed by atoms with Gasteiger partial charge in [-0.15, -0.1) is 0 Å². The fourth-order valence-electron chi connectivity index (χ4n) is 1.61. The molecular weight excluding hydrogens is 188 g/mol. The van der Waals surface area contributed by atoms with Crippen LogP contribution in [0, 0.1) is 0 Å². The van der Waals surface area contributed by atoms with Gasteiger partial charge >= 0.3 is 0 Å². The van der Waals surface area contributed by atoms with Crippen molar-refractivity contribution < 1.29 is 4.74 Å². The van der Waals surface area contributed by atoms with E-state index in [1.165, 1.54) is 0 Å². The lowest BCUT2D eigenvalue weighted by Gasteiger charge is -2.10. The van der Waals surface area contributed by atoms with Crippen molar-refractivity contribution in [1.82, 2.24) is 4.98 Å². The summed E-state index contributed by atoms with van der Waals surface area (Å²) < 4.78 is 5.56. The number of rotatable bonds is 1. The zero-order valence-corrected chi connectivity index (χ0v) is 8.08. The molecule has 2 N–H and O–H groups in total. The topological polar surface area (TPSA) is 48.1 Å². The van der Waals surface area contributed by atoms with Crippen molar-refractivity contribution in [3.8, 4) is 5.75 Å². The van der Waals surface area contributed by atoms with Crippen LogP contribution >= 0.6 is 11.6 Å². The summed E-state index contributed by atoms with van der Waals surface area (Å²) in [6, 6.07) is 3.57. The van der Waals surface area contributed by atoms with Crippen molar-refractivity contribution >= 4 is 11.6 Å². The van der Waals surface area contributed by atoms with Gasteiger partial charge in [-0.3, -0.25) is 0 Å². The molecule has 0 unspecified atom stereocenters. The molecule has 0 amide bonds. The van der Waals surface area contributed by atoms with Crippen LogP contribution in [0.1, 0.15) is 18.5 Å². The minimum atomic E-state index is 0.103. The molecule has 2 rings (SSSR count). The number of nitrogens with zero attached hydrogens (tertiary/aromatic N) is 1. The number of fused-ring (bicyclic) bond motifs is 1. The molecule has 1 aliphatic rings. The molecule has 1 aromatic rings. The molecule has 0 saturated heterocycles. The van der Waals surface area contributed by atoms with Crippen molar-refractivity contribution in [2.45, 2.75) is 18.9 Å². The van der Waals surface area contributed by atoms with E-state index >= 15 is 0 Å². The van der Waals surface area contributed by atoms with E-state index in [1.54, 1.807) is 6.07 Å². The largest absolute Gasteiger partial charge is 0.488 e. The summed E-state index contributed by atoms with van der Waals surface area (Å²) in [4.78, 5) is 4.22. The second kappa shape index (κ2) is 3.16. The lowest BCUT2D eigenvalue weighted by Crippen LogP contribution is -2.22. The summed E-state index contributed by atoms with van der Waals surface area (Å²) in [7, 11) is 0. The van der Waals surface area contributed by atoms with Gasteiger partial charge in [-0.05, 0) is 19.1 Å². The van der Waals surface area contributed by atoms with Crippen molar-refractivity contribution in [3.05, 3.63) is 23.0 Å². The van der Waals surface area contributed by atoms with E-state index in [0.717, 1.165) is 11.4 Å². The Morgan fingerprint density at radius 3 is 3.08 bits per heavy atom. The molecular formula is C9H11ClN2O. The molecule has 0 fully saturated rings. The molecule has 0 saturated carbocycles. The molecule has 2 atom stereocenters. The SMILES string of the molecule is C[C@H]1Oc2ccc(Cl)nc2[C@@H]1CN. The van der Waals surface area contributed by atoms with Gasteiger partial charge in [0.1, 0.15) is 17.0 Å². The quantitative estimate of drug-likeness (QED) is 0.697. The predicted octanol–water partition coefficient (Wildman–Crippen LogP) is 1.56. The Bertz CT molecular complexity index is 329. The highest BCUT2D eigenvalue weighted by Crippen LogP contribution is 2.36. The van der Waals surface area contributed by atoms with Crippen LogP contribution in [0.3, 0.4) is 0 Å². The van der Waals surface area contributed by atoms with Crippen molar-refractivity contribution in [2.24, 2.45) is 5.73 Å². The van der Waals surface area contributed by atoms with Gasteiger partial charge in [-0.2, -0.15) is 0 Å². The monoisotopic (exact) mass is 198 g/mol. The number of hydrogen-bond donors (Lipinski definition) is 1. The Kier molecular flexibility index (Phi) is 2.14. The van der Waals surface area contributed by atoms with Crippen molar-refractivity contribution in [3.63, 3.8) is 0 Å². The standard InChI is InChI=1S/C9H11ClN2O/c1-5-6(4-11)9-7(13-5)2-3-8(10)12-9/h2-3,5-6H,4,11H2,1H3/t5-,6-/m1/s1. The van der Waals surface area contributed by atoms with Crippen LogP contribution in [-0.2, 0) is 0 Å². The van der Waals surface area contributed by atoms with Crippen LogP contribution in [-0.4, -0.2) is 17.6 Å². The van der Waals surface area contributed by atoms with Crippen LogP contribution in [0.2, 0.25) is 5.15 Å². The van der Waals surface area contributed by atoms with Gasteiger partial charge in [0.25, 0.3) is 0 Å². The molecule has 2 heterocycles. The summed E-state index contributed by atoms with van der Waals surface area (Å²) in [6.07, 6.45) is 0.103. The second-order valence-corrected chi connectivity index (χ2v) is 3.57. The minimum absolute atomic E-state index is 0.103. The maximum Gasteiger partial charge on any atom is 0.141 e. The fourth-order valence-corrected chi connectivity index (χ4v) is 1.76. The number of nitrogens with two attached hydrogens (primary N) is 1. The highest BCUT2D eigenvalue weighted by molar-refractivity contribution is 6.29. The number of ether oxygens (including phenoxy) is 1. The summed E-state index contributed by atoms with van der Waals surface area (Å²) >= 11 is 5.79. The zero-order chi connectivity index (χ0) is 9.42. The van der Waals surface area contributed by atoms with Crippen LogP contribution in [0.25, 0.3) is 0 Å². The Morgan fingerprint density at radius 2 is 2.38 bits per heavy atom. The molecule has 4 heteroatoms. The molecule has 70 valence electrons. The lowest BCUT2D eigenvalue weighted by atomic mass is 10.0. The van der Waals surface area contributed by atoms with Gasteiger partial charge in [-0.25, -0.2) is 4.98 Å². The van der Waals surface area contributed by atoms with E-state index in [9.17, 15) is 0 Å². The Hall–Kier alpha value is -0.800. The van der Waals surface area contributed by atoms with E-state index < -0.39 is 0 Å². The van der Waals surface area contributed by atoms with E-state index in [2.05, 4.69) is 4.98 Å². The first-order valence-corrected chi connectivity index (χ1v) is 4.63. The molecule has 0 radical (unpaired) electrons. The number of pyridine rings is 1. The summed E-state index contributed by atoms with van der Waals surface area (Å²) in [5.41, 5.74) is 6.52. The van der Waals surface area contributed by atoms with Gasteiger partial charge in [0.2, 0.25) is 0 Å². The molecule has 13 heavy (non-hydrogen) atoms. The third-order valence-electron chi connectivity index (χ3n) is 2.34. The first-order chi connectivity index (χ1) is 6.22. The average molecular weight is 199 g/mol. The molecule has 1 aliphatic heterocycles. The van der Waals surface area contributed by atoms with Crippen LogP contribution in [0.4, 0.5) is 0 Å². The average Bonchev–Trinajstić information content (AvgIpc) is 2.40. The Morgan fingerprint density at radius 1 is 1.62 bits per heavy atom. The molecule has 0 bridgehead atoms. The number of aromatic nitrogens is 1. The summed E-state index contributed by atoms with van der Waals surface area (Å²) in [5.74, 6) is 0.987. The van der Waals surface area contributed by atoms with Gasteiger partial charge in [0, 0.05) is 6.54 Å². The van der Waals surface area contributed by atoms with E-state index in [1.807, 2.05) is 13.0 Å². The van der Waals surface area contributed by atoms with Gasteiger partial charge in [0.15, 0.2) is 0 Å². The van der Waals surface area contributed by atoms with Crippen LogP contribution < -0.4 is 10.5 Å². The Labute approximate surface area is 81.9 Å². The highest BCUT2D eigenvalue weighted by Gasteiger charge is 2.31. The van der Waals surface area contributed by atoms with Crippen LogP contribution in [0.5, 0.6) is 5.75 Å². The molecule has 1 aromatic heterocycles. The van der Waals surface area contributed by atoms with E-state index in [4.69, 9.17) is 22.1 Å².